The Kier molecular flexibility index (Phi) is 4.99. The number of rotatable bonds is 2. The van der Waals surface area contributed by atoms with Gasteiger partial charge in [0.2, 0.25) is 5.91 Å². The molecule has 1 atom stereocenters. The van der Waals surface area contributed by atoms with Crippen LogP contribution in [0, 0.1) is 0 Å². The molecule has 1 unspecified atom stereocenters. The number of anilines is 1. The molecule has 6 heteroatoms. The highest BCUT2D eigenvalue weighted by molar-refractivity contribution is 5.99. The molecule has 25 heavy (non-hydrogen) atoms. The van der Waals surface area contributed by atoms with Gasteiger partial charge in [-0.05, 0) is 39.3 Å². The molecule has 0 N–H and O–H groups in total. The van der Waals surface area contributed by atoms with Gasteiger partial charge in [0.15, 0.2) is 0 Å². The first kappa shape index (κ1) is 17.7. The lowest BCUT2D eigenvalue weighted by molar-refractivity contribution is -0.122. The lowest BCUT2D eigenvalue weighted by Crippen LogP contribution is -2.54. The average Bonchev–Trinajstić information content (AvgIpc) is 2.96. The molecule has 2 aliphatic rings. The zero-order valence-electron chi connectivity index (χ0n) is 15.3. The normalized spacial score (nSPS) is 22.4. The molecule has 2 fully saturated rings. The fourth-order valence-corrected chi connectivity index (χ4v) is 3.41. The number of ether oxygens (including phenoxy) is 1. The zero-order chi connectivity index (χ0) is 18.0. The Morgan fingerprint density at radius 3 is 2.28 bits per heavy atom. The number of carbonyl (C=O) groups excluding carboxylic acids is 2. The van der Waals surface area contributed by atoms with Crippen LogP contribution in [0.15, 0.2) is 30.3 Å². The van der Waals surface area contributed by atoms with Gasteiger partial charge in [-0.15, -0.1) is 0 Å². The second kappa shape index (κ2) is 7.04. The highest BCUT2D eigenvalue weighted by Crippen LogP contribution is 2.25. The van der Waals surface area contributed by atoms with Crippen molar-refractivity contribution >= 4 is 17.7 Å². The number of benzene rings is 1. The summed E-state index contributed by atoms with van der Waals surface area (Å²) in [6.45, 7) is 8.98. The van der Waals surface area contributed by atoms with E-state index >= 15 is 0 Å². The number of hydrogen-bond donors (Lipinski definition) is 0. The summed E-state index contributed by atoms with van der Waals surface area (Å²) in [5.41, 5.74) is 0.480. The van der Waals surface area contributed by atoms with Crippen LogP contribution in [0.4, 0.5) is 10.5 Å². The van der Waals surface area contributed by atoms with Gasteiger partial charge in [0, 0.05) is 38.4 Å². The summed E-state index contributed by atoms with van der Waals surface area (Å²) in [7, 11) is 0. The first-order chi connectivity index (χ1) is 11.8. The zero-order valence-corrected chi connectivity index (χ0v) is 15.3. The molecule has 136 valence electrons. The lowest BCUT2D eigenvalue weighted by atomic mass is 10.2. The average molecular weight is 345 g/mol. The third-order valence-electron chi connectivity index (χ3n) is 4.65. The number of para-hydroxylation sites is 1. The minimum absolute atomic E-state index is 0.0824. The maximum atomic E-state index is 12.8. The third-order valence-corrected chi connectivity index (χ3v) is 4.65. The van der Waals surface area contributed by atoms with Crippen LogP contribution < -0.4 is 4.90 Å². The van der Waals surface area contributed by atoms with E-state index < -0.39 is 5.60 Å². The van der Waals surface area contributed by atoms with E-state index in [-0.39, 0.29) is 18.0 Å². The van der Waals surface area contributed by atoms with Crippen LogP contribution in [-0.4, -0.2) is 66.2 Å². The minimum atomic E-state index is -0.480. The van der Waals surface area contributed by atoms with E-state index in [1.165, 1.54) is 0 Å². The van der Waals surface area contributed by atoms with Crippen molar-refractivity contribution in [2.75, 3.05) is 37.6 Å². The molecule has 0 aromatic heterocycles. The van der Waals surface area contributed by atoms with Crippen molar-refractivity contribution in [3.8, 4) is 0 Å². The molecule has 0 aliphatic carbocycles. The molecule has 0 radical (unpaired) electrons. The van der Waals surface area contributed by atoms with Gasteiger partial charge in [0.1, 0.15) is 5.60 Å². The Morgan fingerprint density at radius 1 is 1.04 bits per heavy atom. The smallest absolute Gasteiger partial charge is 0.410 e. The molecule has 2 heterocycles. The first-order valence-corrected chi connectivity index (χ1v) is 8.93. The van der Waals surface area contributed by atoms with Gasteiger partial charge in [-0.25, -0.2) is 4.79 Å². The van der Waals surface area contributed by atoms with Gasteiger partial charge in [-0.1, -0.05) is 18.2 Å². The number of nitrogens with zero attached hydrogens (tertiary/aromatic N) is 3. The van der Waals surface area contributed by atoms with E-state index in [4.69, 9.17) is 4.74 Å². The minimum Gasteiger partial charge on any atom is -0.444 e. The molecule has 2 amide bonds. The van der Waals surface area contributed by atoms with Crippen molar-refractivity contribution in [1.29, 1.82) is 0 Å². The summed E-state index contributed by atoms with van der Waals surface area (Å²) in [6, 6.07) is 9.73. The third kappa shape index (κ3) is 4.12. The number of amides is 2. The second-order valence-electron chi connectivity index (χ2n) is 7.63. The molecule has 0 bridgehead atoms. The standard InChI is InChI=1S/C19H27N3O3/c1-19(2,3)25-18(24)21-13-11-20(12-14-21)16-9-10-22(17(16)23)15-7-5-4-6-8-15/h4-8,16H,9-14H2,1-3H3. The molecule has 0 spiro atoms. The van der Waals surface area contributed by atoms with Crippen LogP contribution in [0.5, 0.6) is 0 Å². The summed E-state index contributed by atoms with van der Waals surface area (Å²) in [6.07, 6.45) is 0.566. The molecular weight excluding hydrogens is 318 g/mol. The Labute approximate surface area is 149 Å². The Morgan fingerprint density at radius 2 is 1.68 bits per heavy atom. The lowest BCUT2D eigenvalue weighted by Gasteiger charge is -2.37. The molecule has 6 nitrogen and oxygen atoms in total. The fraction of sp³-hybridized carbons (Fsp3) is 0.579. The van der Waals surface area contributed by atoms with E-state index in [9.17, 15) is 9.59 Å². The van der Waals surface area contributed by atoms with E-state index in [1.807, 2.05) is 56.0 Å². The largest absolute Gasteiger partial charge is 0.444 e. The predicted molar refractivity (Wildman–Crippen MR) is 96.6 cm³/mol. The Hall–Kier alpha value is -2.08. The number of carbonyl (C=O) groups is 2. The summed E-state index contributed by atoms with van der Waals surface area (Å²) < 4.78 is 5.43. The highest BCUT2D eigenvalue weighted by Gasteiger charge is 2.38. The van der Waals surface area contributed by atoms with E-state index in [0.717, 1.165) is 18.7 Å². The first-order valence-electron chi connectivity index (χ1n) is 8.93. The maximum absolute atomic E-state index is 12.8. The van der Waals surface area contributed by atoms with Gasteiger partial charge >= 0.3 is 6.09 Å². The number of hydrogen-bond acceptors (Lipinski definition) is 4. The van der Waals surface area contributed by atoms with E-state index in [2.05, 4.69) is 4.90 Å². The second-order valence-corrected chi connectivity index (χ2v) is 7.63. The molecule has 3 rings (SSSR count). The van der Waals surface area contributed by atoms with Gasteiger partial charge in [0.05, 0.1) is 6.04 Å². The highest BCUT2D eigenvalue weighted by atomic mass is 16.6. The van der Waals surface area contributed by atoms with E-state index in [0.29, 0.717) is 26.2 Å². The molecule has 2 saturated heterocycles. The quantitative estimate of drug-likeness (QED) is 0.826. The summed E-state index contributed by atoms with van der Waals surface area (Å²) in [4.78, 5) is 30.7. The predicted octanol–water partition coefficient (Wildman–Crippen LogP) is 2.34. The Bertz CT molecular complexity index is 619. The van der Waals surface area contributed by atoms with Crippen molar-refractivity contribution in [1.82, 2.24) is 9.80 Å². The van der Waals surface area contributed by atoms with Crippen LogP contribution >= 0.6 is 0 Å². The number of piperazine rings is 1. The summed E-state index contributed by atoms with van der Waals surface area (Å²) in [5, 5.41) is 0. The van der Waals surface area contributed by atoms with Gasteiger partial charge in [-0.2, -0.15) is 0 Å². The van der Waals surface area contributed by atoms with Gasteiger partial charge in [0.25, 0.3) is 0 Å². The molecule has 2 aliphatic heterocycles. The van der Waals surface area contributed by atoms with Crippen molar-refractivity contribution in [2.24, 2.45) is 0 Å². The molecular formula is C19H27N3O3. The van der Waals surface area contributed by atoms with E-state index in [1.54, 1.807) is 4.90 Å². The molecule has 1 aromatic carbocycles. The summed E-state index contributed by atoms with van der Waals surface area (Å²) >= 11 is 0. The maximum Gasteiger partial charge on any atom is 0.410 e. The Balaban J connectivity index is 1.55. The van der Waals surface area contributed by atoms with Crippen molar-refractivity contribution in [2.45, 2.75) is 38.8 Å². The molecule has 1 aromatic rings. The van der Waals surface area contributed by atoms with Gasteiger partial charge < -0.3 is 14.5 Å². The molecule has 0 saturated carbocycles. The monoisotopic (exact) mass is 345 g/mol. The van der Waals surface area contributed by atoms with Crippen LogP contribution in [-0.2, 0) is 9.53 Å². The van der Waals surface area contributed by atoms with Crippen LogP contribution in [0.3, 0.4) is 0 Å². The van der Waals surface area contributed by atoms with Gasteiger partial charge in [-0.3, -0.25) is 9.69 Å². The summed E-state index contributed by atoms with van der Waals surface area (Å²) in [5.74, 6) is 0.164. The van der Waals surface area contributed by atoms with Crippen molar-refractivity contribution < 1.29 is 14.3 Å². The van der Waals surface area contributed by atoms with Crippen LogP contribution in [0.1, 0.15) is 27.2 Å². The topological polar surface area (TPSA) is 53.1 Å². The fourth-order valence-electron chi connectivity index (χ4n) is 3.41. The van der Waals surface area contributed by atoms with Crippen LogP contribution in [0.2, 0.25) is 0 Å². The van der Waals surface area contributed by atoms with Crippen LogP contribution in [0.25, 0.3) is 0 Å². The SMILES string of the molecule is CC(C)(C)OC(=O)N1CCN(C2CCN(c3ccccc3)C2=O)CC1. The van der Waals surface area contributed by atoms with Crippen molar-refractivity contribution in [3.63, 3.8) is 0 Å². The van der Waals surface area contributed by atoms with Crippen molar-refractivity contribution in [3.05, 3.63) is 30.3 Å².